The van der Waals surface area contributed by atoms with Gasteiger partial charge in [-0.1, -0.05) is 29.3 Å². The maximum atomic E-state index is 13.6. The van der Waals surface area contributed by atoms with Gasteiger partial charge < -0.3 is 4.74 Å². The van der Waals surface area contributed by atoms with Gasteiger partial charge in [0.15, 0.2) is 0 Å². The zero-order valence-corrected chi connectivity index (χ0v) is 16.8. The van der Waals surface area contributed by atoms with E-state index in [2.05, 4.69) is 0 Å². The summed E-state index contributed by atoms with van der Waals surface area (Å²) in [5, 5.41) is 0.468. The van der Waals surface area contributed by atoms with E-state index < -0.39 is 0 Å². The number of methoxy groups -OCH3 is 1. The molecule has 5 aromatic rings. The second-order valence-electron chi connectivity index (χ2n) is 7.44. The minimum atomic E-state index is -0.227. The molecule has 0 saturated heterocycles. The number of aryl methyl sites for hydroxylation is 2. The zero-order chi connectivity index (χ0) is 21.0. The highest BCUT2D eigenvalue weighted by Crippen LogP contribution is 2.24. The summed E-state index contributed by atoms with van der Waals surface area (Å²) in [5.74, 6) is 0.655. The first-order chi connectivity index (χ1) is 14.5. The molecule has 6 nitrogen and oxygen atoms in total. The van der Waals surface area contributed by atoms with E-state index in [4.69, 9.17) is 9.72 Å². The molecule has 0 N–H and O–H groups in total. The average Bonchev–Trinajstić information content (AvgIpc) is 3.06. The number of para-hydroxylation sites is 2. The Morgan fingerprint density at radius 3 is 2.33 bits per heavy atom. The molecule has 0 radical (unpaired) electrons. The number of benzene rings is 3. The van der Waals surface area contributed by atoms with E-state index in [1.165, 1.54) is 8.97 Å². The summed E-state index contributed by atoms with van der Waals surface area (Å²) in [6.45, 7) is 3.91. The highest BCUT2D eigenvalue weighted by atomic mass is 16.5. The number of hydrogen-bond acceptors (Lipinski definition) is 4. The van der Waals surface area contributed by atoms with Crippen molar-refractivity contribution in [3.63, 3.8) is 0 Å². The lowest BCUT2D eigenvalue weighted by molar-refractivity contribution is 0.0968. The fraction of sp³-hybridized carbons (Fsp3) is 0.125. The maximum absolute atomic E-state index is 13.6. The van der Waals surface area contributed by atoms with Crippen LogP contribution in [0.4, 0.5) is 0 Å². The third kappa shape index (κ3) is 2.61. The van der Waals surface area contributed by atoms with Gasteiger partial charge in [0.05, 0.1) is 29.0 Å². The zero-order valence-electron chi connectivity index (χ0n) is 16.8. The maximum Gasteiger partial charge on any atom is 0.267 e. The van der Waals surface area contributed by atoms with Crippen molar-refractivity contribution < 1.29 is 9.53 Å². The summed E-state index contributed by atoms with van der Waals surface area (Å²) in [6.07, 6.45) is 0. The molecule has 0 bridgehead atoms. The molecule has 30 heavy (non-hydrogen) atoms. The van der Waals surface area contributed by atoms with Crippen LogP contribution in [0, 0.1) is 13.8 Å². The van der Waals surface area contributed by atoms with Crippen molar-refractivity contribution in [2.24, 2.45) is 0 Å². The highest BCUT2D eigenvalue weighted by molar-refractivity contribution is 6.05. The number of carbonyl (C=O) groups is 1. The number of fused-ring (bicyclic) bond motifs is 4. The number of ether oxygens (including phenoxy) is 1. The molecule has 5 rings (SSSR count). The van der Waals surface area contributed by atoms with Gasteiger partial charge in [-0.25, -0.2) is 14.0 Å². The number of carbonyl (C=O) groups excluding carboxylic acids is 1. The SMILES string of the molecule is COc1ccc2c(=O)n3c4ccccc4n(C(=O)c4cc(C)cc(C)c4)c3nc2c1. The molecule has 0 saturated carbocycles. The van der Waals surface area contributed by atoms with Gasteiger partial charge in [0.1, 0.15) is 5.75 Å². The van der Waals surface area contributed by atoms with Gasteiger partial charge in [-0.05, 0) is 50.2 Å². The van der Waals surface area contributed by atoms with Gasteiger partial charge in [-0.2, -0.15) is 0 Å². The summed E-state index contributed by atoms with van der Waals surface area (Å²) in [7, 11) is 1.56. The Morgan fingerprint density at radius 1 is 0.933 bits per heavy atom. The predicted molar refractivity (Wildman–Crippen MR) is 117 cm³/mol. The van der Waals surface area contributed by atoms with E-state index in [1.54, 1.807) is 25.3 Å². The monoisotopic (exact) mass is 397 g/mol. The van der Waals surface area contributed by atoms with Crippen molar-refractivity contribution in [3.8, 4) is 5.75 Å². The van der Waals surface area contributed by atoms with E-state index in [-0.39, 0.29) is 17.2 Å². The van der Waals surface area contributed by atoms with Crippen molar-refractivity contribution in [2.45, 2.75) is 13.8 Å². The number of rotatable bonds is 2. The first-order valence-electron chi connectivity index (χ1n) is 9.61. The van der Waals surface area contributed by atoms with Crippen molar-refractivity contribution in [1.82, 2.24) is 14.0 Å². The predicted octanol–water partition coefficient (Wildman–Crippen LogP) is 4.12. The van der Waals surface area contributed by atoms with Crippen LogP contribution in [-0.4, -0.2) is 27.0 Å². The Labute approximate surface area is 172 Å². The minimum absolute atomic E-state index is 0.221. The summed E-state index contributed by atoms with van der Waals surface area (Å²) in [5.41, 5.74) is 4.08. The molecule has 6 heteroatoms. The molecule has 2 heterocycles. The van der Waals surface area contributed by atoms with Crippen LogP contribution < -0.4 is 10.3 Å². The number of nitrogens with zero attached hydrogens (tertiary/aromatic N) is 3. The molecule has 0 unspecified atom stereocenters. The number of imidazole rings is 1. The van der Waals surface area contributed by atoms with E-state index in [1.807, 2.05) is 56.3 Å². The molecule has 3 aromatic carbocycles. The smallest absolute Gasteiger partial charge is 0.267 e. The Balaban J connectivity index is 1.92. The highest BCUT2D eigenvalue weighted by Gasteiger charge is 2.21. The Bertz CT molecular complexity index is 1520. The van der Waals surface area contributed by atoms with Gasteiger partial charge in [0.2, 0.25) is 5.78 Å². The van der Waals surface area contributed by atoms with Crippen LogP contribution >= 0.6 is 0 Å². The molecule has 0 atom stereocenters. The van der Waals surface area contributed by atoms with Crippen LogP contribution in [0.1, 0.15) is 21.5 Å². The van der Waals surface area contributed by atoms with Crippen LogP contribution in [0.5, 0.6) is 5.75 Å². The number of aromatic nitrogens is 3. The molecule has 0 aliphatic carbocycles. The Kier molecular flexibility index (Phi) is 3.96. The normalized spacial score (nSPS) is 11.4. The summed E-state index contributed by atoms with van der Waals surface area (Å²) in [6, 6.07) is 18.2. The van der Waals surface area contributed by atoms with Gasteiger partial charge in [-0.15, -0.1) is 0 Å². The quantitative estimate of drug-likeness (QED) is 0.450. The molecule has 0 aliphatic heterocycles. The fourth-order valence-corrected chi connectivity index (χ4v) is 4.03. The lowest BCUT2D eigenvalue weighted by Gasteiger charge is -2.08. The topological polar surface area (TPSA) is 65.6 Å². The van der Waals surface area contributed by atoms with Crippen molar-refractivity contribution in [2.75, 3.05) is 7.11 Å². The number of hydrogen-bond donors (Lipinski definition) is 0. The Morgan fingerprint density at radius 2 is 1.63 bits per heavy atom. The molecule has 2 aromatic heterocycles. The molecule has 0 amide bonds. The molecular formula is C24H19N3O3. The summed E-state index contributed by atoms with van der Waals surface area (Å²) >= 11 is 0. The average molecular weight is 397 g/mol. The van der Waals surface area contributed by atoms with E-state index >= 15 is 0 Å². The third-order valence-electron chi connectivity index (χ3n) is 5.29. The first kappa shape index (κ1) is 18.1. The van der Waals surface area contributed by atoms with Gasteiger partial charge in [0, 0.05) is 11.6 Å². The largest absolute Gasteiger partial charge is 0.497 e. The molecule has 0 aliphatic rings. The minimum Gasteiger partial charge on any atom is -0.497 e. The van der Waals surface area contributed by atoms with E-state index in [0.717, 1.165) is 11.1 Å². The van der Waals surface area contributed by atoms with Crippen LogP contribution in [0.15, 0.2) is 65.5 Å². The second-order valence-corrected chi connectivity index (χ2v) is 7.44. The molecule has 148 valence electrons. The third-order valence-corrected chi connectivity index (χ3v) is 5.29. The lowest BCUT2D eigenvalue weighted by atomic mass is 10.1. The van der Waals surface area contributed by atoms with E-state index in [9.17, 15) is 9.59 Å². The van der Waals surface area contributed by atoms with Crippen LogP contribution in [0.2, 0.25) is 0 Å². The fourth-order valence-electron chi connectivity index (χ4n) is 4.03. The Hall–Kier alpha value is -3.93. The van der Waals surface area contributed by atoms with Crippen molar-refractivity contribution >= 4 is 33.6 Å². The standard InChI is InChI=1S/C24H19N3O3/c1-14-10-15(2)12-16(11-14)22(28)26-20-6-4-5-7-21(20)27-23(29)18-9-8-17(30-3)13-19(18)25-24(26)27/h4-13H,1-3H3. The second kappa shape index (κ2) is 6.56. The first-order valence-corrected chi connectivity index (χ1v) is 9.61. The summed E-state index contributed by atoms with van der Waals surface area (Å²) in [4.78, 5) is 31.6. The van der Waals surface area contributed by atoms with Crippen LogP contribution in [0.25, 0.3) is 27.7 Å². The van der Waals surface area contributed by atoms with Gasteiger partial charge in [-0.3, -0.25) is 9.59 Å². The van der Waals surface area contributed by atoms with Crippen LogP contribution in [-0.2, 0) is 0 Å². The summed E-state index contributed by atoms with van der Waals surface area (Å²) < 4.78 is 8.31. The molecule has 0 spiro atoms. The van der Waals surface area contributed by atoms with Crippen molar-refractivity contribution in [3.05, 3.63) is 87.7 Å². The van der Waals surface area contributed by atoms with Crippen LogP contribution in [0.3, 0.4) is 0 Å². The molecular weight excluding hydrogens is 378 g/mol. The van der Waals surface area contributed by atoms with Gasteiger partial charge >= 0.3 is 0 Å². The van der Waals surface area contributed by atoms with E-state index in [0.29, 0.717) is 33.2 Å². The molecule has 0 fully saturated rings. The van der Waals surface area contributed by atoms with Crippen molar-refractivity contribution in [1.29, 1.82) is 0 Å². The lowest BCUT2D eigenvalue weighted by Crippen LogP contribution is -2.18. The van der Waals surface area contributed by atoms with Gasteiger partial charge in [0.25, 0.3) is 11.5 Å².